The normalized spacial score (nSPS) is 17.7. The maximum Gasteiger partial charge on any atom is 0.248 e. The van der Waals surface area contributed by atoms with Gasteiger partial charge in [0.25, 0.3) is 0 Å². The summed E-state index contributed by atoms with van der Waals surface area (Å²) in [6.45, 7) is 2.28. The third kappa shape index (κ3) is 5.83. The van der Waals surface area contributed by atoms with Crippen LogP contribution in [0.2, 0.25) is 0 Å². The molecular weight excluding hydrogens is 304 g/mol. The number of hydrogen-bond donors (Lipinski definition) is 1. The molecule has 5 nitrogen and oxygen atoms in total. The number of benzene rings is 1. The lowest BCUT2D eigenvalue weighted by molar-refractivity contribution is -0.139. The number of para-hydroxylation sites is 1. The Morgan fingerprint density at radius 3 is 2.73 bits per heavy atom. The van der Waals surface area contributed by atoms with Crippen LogP contribution in [0.3, 0.4) is 0 Å². The van der Waals surface area contributed by atoms with Gasteiger partial charge in [0, 0.05) is 19.1 Å². The average molecular weight is 329 g/mol. The van der Waals surface area contributed by atoms with Crippen molar-refractivity contribution in [2.45, 2.75) is 25.3 Å². The molecule has 0 bridgehead atoms. The number of carbonyl (C=O) groups is 1. The summed E-state index contributed by atoms with van der Waals surface area (Å²) in [5.41, 5.74) is 5.72. The standard InChI is InChI=1S/C16H24N2O3.ClH/c17-12-14-6-4-5-9-18(14)16(19)13-20-10-11-21-15-7-2-1-3-8-15;/h1-3,7-8,14H,4-6,9-13,17H2;1H. The monoisotopic (exact) mass is 328 g/mol. The molecule has 0 saturated carbocycles. The van der Waals surface area contributed by atoms with Crippen LogP contribution < -0.4 is 10.5 Å². The number of hydrogen-bond acceptors (Lipinski definition) is 4. The summed E-state index contributed by atoms with van der Waals surface area (Å²) in [6, 6.07) is 9.74. The number of nitrogens with zero attached hydrogens (tertiary/aromatic N) is 1. The SMILES string of the molecule is Cl.NCC1CCCCN1C(=O)COCCOc1ccccc1. The van der Waals surface area contributed by atoms with Crippen LogP contribution in [-0.4, -0.2) is 49.8 Å². The minimum Gasteiger partial charge on any atom is -0.491 e. The average Bonchev–Trinajstić information content (AvgIpc) is 2.55. The zero-order chi connectivity index (χ0) is 14.9. The topological polar surface area (TPSA) is 64.8 Å². The Morgan fingerprint density at radius 1 is 1.23 bits per heavy atom. The van der Waals surface area contributed by atoms with Gasteiger partial charge in [-0.3, -0.25) is 4.79 Å². The van der Waals surface area contributed by atoms with Gasteiger partial charge in [-0.25, -0.2) is 0 Å². The van der Waals surface area contributed by atoms with Crippen molar-refractivity contribution < 1.29 is 14.3 Å². The molecule has 1 atom stereocenters. The molecule has 2 N–H and O–H groups in total. The van der Waals surface area contributed by atoms with E-state index in [2.05, 4.69) is 0 Å². The summed E-state index contributed by atoms with van der Waals surface area (Å²) in [4.78, 5) is 14.0. The fraction of sp³-hybridized carbons (Fsp3) is 0.562. The van der Waals surface area contributed by atoms with Crippen molar-refractivity contribution in [3.63, 3.8) is 0 Å². The van der Waals surface area contributed by atoms with Crippen molar-refractivity contribution in [1.29, 1.82) is 0 Å². The number of ether oxygens (including phenoxy) is 2. The van der Waals surface area contributed by atoms with Crippen LogP contribution in [0.4, 0.5) is 0 Å². The Bertz CT molecular complexity index is 431. The van der Waals surface area contributed by atoms with E-state index in [4.69, 9.17) is 15.2 Å². The van der Waals surface area contributed by atoms with Crippen molar-refractivity contribution in [2.75, 3.05) is 32.9 Å². The van der Waals surface area contributed by atoms with Gasteiger partial charge in [-0.1, -0.05) is 18.2 Å². The van der Waals surface area contributed by atoms with Gasteiger partial charge in [-0.15, -0.1) is 12.4 Å². The van der Waals surface area contributed by atoms with E-state index in [-0.39, 0.29) is 31.0 Å². The van der Waals surface area contributed by atoms with Gasteiger partial charge in [-0.05, 0) is 31.4 Å². The predicted molar refractivity (Wildman–Crippen MR) is 88.4 cm³/mol. The minimum absolute atomic E-state index is 0. The fourth-order valence-electron chi connectivity index (χ4n) is 2.55. The van der Waals surface area contributed by atoms with Crippen LogP contribution in [-0.2, 0) is 9.53 Å². The Hall–Kier alpha value is -1.30. The van der Waals surface area contributed by atoms with Crippen molar-refractivity contribution >= 4 is 18.3 Å². The lowest BCUT2D eigenvalue weighted by atomic mass is 10.0. The molecule has 0 aliphatic carbocycles. The van der Waals surface area contributed by atoms with E-state index in [9.17, 15) is 4.79 Å². The third-order valence-corrected chi connectivity index (χ3v) is 3.68. The lowest BCUT2D eigenvalue weighted by Gasteiger charge is -2.35. The predicted octanol–water partition coefficient (Wildman–Crippen LogP) is 1.84. The minimum atomic E-state index is 0. The molecule has 1 aromatic rings. The highest BCUT2D eigenvalue weighted by Crippen LogP contribution is 2.16. The molecule has 1 heterocycles. The second-order valence-electron chi connectivity index (χ2n) is 5.19. The van der Waals surface area contributed by atoms with Gasteiger partial charge in [0.15, 0.2) is 0 Å². The molecule has 1 aliphatic rings. The molecule has 1 amide bonds. The molecule has 6 heteroatoms. The van der Waals surface area contributed by atoms with E-state index >= 15 is 0 Å². The Labute approximate surface area is 138 Å². The van der Waals surface area contributed by atoms with Gasteiger partial charge in [0.2, 0.25) is 5.91 Å². The van der Waals surface area contributed by atoms with Crippen LogP contribution in [0.15, 0.2) is 30.3 Å². The maximum absolute atomic E-state index is 12.1. The summed E-state index contributed by atoms with van der Waals surface area (Å²) in [6.07, 6.45) is 3.20. The molecule has 124 valence electrons. The fourth-order valence-corrected chi connectivity index (χ4v) is 2.55. The largest absolute Gasteiger partial charge is 0.491 e. The quantitative estimate of drug-likeness (QED) is 0.776. The molecule has 1 aromatic carbocycles. The van der Waals surface area contributed by atoms with Crippen molar-refractivity contribution in [3.05, 3.63) is 30.3 Å². The van der Waals surface area contributed by atoms with Crippen LogP contribution in [0, 0.1) is 0 Å². The van der Waals surface area contributed by atoms with Crippen LogP contribution in [0.5, 0.6) is 5.75 Å². The maximum atomic E-state index is 12.1. The number of likely N-dealkylation sites (tertiary alicyclic amines) is 1. The first-order valence-electron chi connectivity index (χ1n) is 7.56. The number of rotatable bonds is 7. The third-order valence-electron chi connectivity index (χ3n) is 3.68. The first-order valence-corrected chi connectivity index (χ1v) is 7.56. The Morgan fingerprint density at radius 2 is 2.00 bits per heavy atom. The van der Waals surface area contributed by atoms with E-state index in [0.717, 1.165) is 31.6 Å². The van der Waals surface area contributed by atoms with E-state index in [0.29, 0.717) is 19.8 Å². The number of halogens is 1. The van der Waals surface area contributed by atoms with Gasteiger partial charge in [0.05, 0.1) is 6.61 Å². The van der Waals surface area contributed by atoms with E-state index in [1.807, 2.05) is 35.2 Å². The van der Waals surface area contributed by atoms with Gasteiger partial charge in [0.1, 0.15) is 19.0 Å². The summed E-state index contributed by atoms with van der Waals surface area (Å²) >= 11 is 0. The Kier molecular flexibility index (Phi) is 8.89. The second kappa shape index (κ2) is 10.4. The summed E-state index contributed by atoms with van der Waals surface area (Å²) in [7, 11) is 0. The second-order valence-corrected chi connectivity index (χ2v) is 5.19. The Balaban J connectivity index is 0.00000242. The summed E-state index contributed by atoms with van der Waals surface area (Å²) < 4.78 is 10.9. The van der Waals surface area contributed by atoms with Gasteiger partial charge >= 0.3 is 0 Å². The molecule has 1 saturated heterocycles. The molecule has 22 heavy (non-hydrogen) atoms. The van der Waals surface area contributed by atoms with Crippen molar-refractivity contribution in [3.8, 4) is 5.75 Å². The van der Waals surface area contributed by atoms with Crippen molar-refractivity contribution in [2.24, 2.45) is 5.73 Å². The van der Waals surface area contributed by atoms with E-state index in [1.165, 1.54) is 0 Å². The molecule has 1 unspecified atom stereocenters. The zero-order valence-corrected chi connectivity index (χ0v) is 13.6. The first-order chi connectivity index (χ1) is 10.3. The smallest absolute Gasteiger partial charge is 0.248 e. The number of amides is 1. The summed E-state index contributed by atoms with van der Waals surface area (Å²) in [5.74, 6) is 0.844. The number of piperidine rings is 1. The van der Waals surface area contributed by atoms with E-state index in [1.54, 1.807) is 0 Å². The molecule has 2 rings (SSSR count). The number of carbonyl (C=O) groups excluding carboxylic acids is 1. The van der Waals surface area contributed by atoms with Crippen molar-refractivity contribution in [1.82, 2.24) is 4.90 Å². The lowest BCUT2D eigenvalue weighted by Crippen LogP contribution is -2.48. The first kappa shape index (κ1) is 18.7. The highest BCUT2D eigenvalue weighted by molar-refractivity contribution is 5.85. The van der Waals surface area contributed by atoms with Gasteiger partial charge in [-0.2, -0.15) is 0 Å². The zero-order valence-electron chi connectivity index (χ0n) is 12.8. The molecule has 0 radical (unpaired) electrons. The van der Waals surface area contributed by atoms with Crippen LogP contribution in [0.1, 0.15) is 19.3 Å². The molecule has 1 fully saturated rings. The molecule has 1 aliphatic heterocycles. The summed E-state index contributed by atoms with van der Waals surface area (Å²) in [5, 5.41) is 0. The number of nitrogens with two attached hydrogens (primary N) is 1. The molecule has 0 aromatic heterocycles. The molecular formula is C16H25ClN2O3. The van der Waals surface area contributed by atoms with Crippen LogP contribution in [0.25, 0.3) is 0 Å². The van der Waals surface area contributed by atoms with Gasteiger partial charge < -0.3 is 20.1 Å². The van der Waals surface area contributed by atoms with E-state index < -0.39 is 0 Å². The highest BCUT2D eigenvalue weighted by atomic mass is 35.5. The highest BCUT2D eigenvalue weighted by Gasteiger charge is 2.25. The van der Waals surface area contributed by atoms with Crippen LogP contribution >= 0.6 is 12.4 Å². The molecule has 0 spiro atoms.